The Morgan fingerprint density at radius 2 is 2.33 bits per heavy atom. The zero-order chi connectivity index (χ0) is 11.4. The van der Waals surface area contributed by atoms with Crippen molar-refractivity contribution in [2.45, 2.75) is 6.04 Å². The van der Waals surface area contributed by atoms with Gasteiger partial charge in [-0.15, -0.1) is 0 Å². The predicted octanol–water partition coefficient (Wildman–Crippen LogP) is -1.40. The second-order valence-electron chi connectivity index (χ2n) is 2.92. The van der Waals surface area contributed by atoms with Gasteiger partial charge in [0.15, 0.2) is 6.04 Å². The average molecular weight is 213 g/mol. The average Bonchev–Trinajstić information content (AvgIpc) is 2.60. The number of amides is 1. The van der Waals surface area contributed by atoms with Crippen molar-refractivity contribution in [3.63, 3.8) is 0 Å². The van der Waals surface area contributed by atoms with Crippen LogP contribution in [0.4, 0.5) is 0 Å². The van der Waals surface area contributed by atoms with Crippen molar-refractivity contribution >= 4 is 11.9 Å². The fourth-order valence-electron chi connectivity index (χ4n) is 0.954. The second-order valence-corrected chi connectivity index (χ2v) is 2.92. The van der Waals surface area contributed by atoms with Crippen molar-refractivity contribution in [3.8, 4) is 0 Å². The van der Waals surface area contributed by atoms with Crippen LogP contribution in [-0.4, -0.2) is 44.5 Å². The number of aliphatic carboxylic acids is 1. The molecule has 0 bridgehead atoms. The van der Waals surface area contributed by atoms with Crippen molar-refractivity contribution in [1.29, 1.82) is 0 Å². The van der Waals surface area contributed by atoms with Crippen LogP contribution in [0.1, 0.15) is 10.5 Å². The molecule has 1 heterocycles. The van der Waals surface area contributed by atoms with Crippen LogP contribution in [0.3, 0.4) is 0 Å². The maximum Gasteiger partial charge on any atom is 0.328 e. The Balaban J connectivity index is 2.66. The number of aliphatic hydroxyl groups is 1. The third-order valence-corrected chi connectivity index (χ3v) is 1.73. The van der Waals surface area contributed by atoms with Crippen LogP contribution >= 0.6 is 0 Å². The van der Waals surface area contributed by atoms with Gasteiger partial charge in [0, 0.05) is 13.2 Å². The molecule has 15 heavy (non-hydrogen) atoms. The lowest BCUT2D eigenvalue weighted by Crippen LogP contribution is -2.43. The number of carboxylic acids is 1. The summed E-state index contributed by atoms with van der Waals surface area (Å²) in [6, 6.07) is 0.144. The molecule has 3 N–H and O–H groups in total. The Morgan fingerprint density at radius 3 is 2.73 bits per heavy atom. The molecule has 0 saturated carbocycles. The first kappa shape index (κ1) is 11.2. The lowest BCUT2D eigenvalue weighted by molar-refractivity contribution is -0.140. The first-order chi connectivity index (χ1) is 7.04. The second kappa shape index (κ2) is 4.56. The standard InChI is InChI=1S/C8H11N3O4/c1-11-3-2-5(10-11)7(13)9-6(4-12)8(14)15/h2-3,6,12H,4H2,1H3,(H,9,13)(H,14,15)/t6-/m1/s1. The van der Waals surface area contributed by atoms with E-state index in [9.17, 15) is 9.59 Å². The van der Waals surface area contributed by atoms with E-state index in [1.165, 1.54) is 10.7 Å². The number of carbonyl (C=O) groups is 2. The third-order valence-electron chi connectivity index (χ3n) is 1.73. The summed E-state index contributed by atoms with van der Waals surface area (Å²) in [6.07, 6.45) is 1.56. The number of hydrogen-bond donors (Lipinski definition) is 3. The molecule has 0 fully saturated rings. The molecule has 0 spiro atoms. The van der Waals surface area contributed by atoms with Gasteiger partial charge in [-0.1, -0.05) is 0 Å². The van der Waals surface area contributed by atoms with Crippen LogP contribution < -0.4 is 5.32 Å². The van der Waals surface area contributed by atoms with Crippen LogP contribution in [0.15, 0.2) is 12.3 Å². The summed E-state index contributed by atoms with van der Waals surface area (Å²) in [5.74, 6) is -1.92. The van der Waals surface area contributed by atoms with Gasteiger partial charge in [0.05, 0.1) is 6.61 Å². The van der Waals surface area contributed by atoms with Gasteiger partial charge < -0.3 is 15.5 Å². The lowest BCUT2D eigenvalue weighted by atomic mass is 10.3. The molecular weight excluding hydrogens is 202 g/mol. The predicted molar refractivity (Wildman–Crippen MR) is 49.2 cm³/mol. The van der Waals surface area contributed by atoms with Gasteiger partial charge in [-0.2, -0.15) is 5.10 Å². The molecule has 1 amide bonds. The first-order valence-electron chi connectivity index (χ1n) is 4.18. The molecule has 0 aliphatic heterocycles. The van der Waals surface area contributed by atoms with Gasteiger partial charge in [0.1, 0.15) is 5.69 Å². The normalized spacial score (nSPS) is 12.1. The molecule has 0 aliphatic carbocycles. The van der Waals surface area contributed by atoms with E-state index in [4.69, 9.17) is 10.2 Å². The smallest absolute Gasteiger partial charge is 0.328 e. The summed E-state index contributed by atoms with van der Waals surface area (Å²) < 4.78 is 1.42. The van der Waals surface area contributed by atoms with Crippen LogP contribution in [-0.2, 0) is 11.8 Å². The van der Waals surface area contributed by atoms with Gasteiger partial charge in [0.2, 0.25) is 0 Å². The number of nitrogens with zero attached hydrogens (tertiary/aromatic N) is 2. The molecule has 1 atom stereocenters. The molecule has 1 rings (SSSR count). The molecule has 0 radical (unpaired) electrons. The van der Waals surface area contributed by atoms with Crippen molar-refractivity contribution in [2.24, 2.45) is 7.05 Å². The number of aromatic nitrogens is 2. The van der Waals surface area contributed by atoms with Crippen molar-refractivity contribution < 1.29 is 19.8 Å². The number of rotatable bonds is 4. The third kappa shape index (κ3) is 2.78. The van der Waals surface area contributed by atoms with Gasteiger partial charge in [0.25, 0.3) is 5.91 Å². The summed E-state index contributed by atoms with van der Waals surface area (Å²) >= 11 is 0. The van der Waals surface area contributed by atoms with Crippen molar-refractivity contribution in [3.05, 3.63) is 18.0 Å². The van der Waals surface area contributed by atoms with Crippen molar-refractivity contribution in [1.82, 2.24) is 15.1 Å². The molecule has 7 heteroatoms. The van der Waals surface area contributed by atoms with E-state index >= 15 is 0 Å². The molecule has 0 aliphatic rings. The highest BCUT2D eigenvalue weighted by Crippen LogP contribution is 1.95. The number of aryl methyl sites for hydroxylation is 1. The molecule has 82 valence electrons. The monoisotopic (exact) mass is 213 g/mol. The van der Waals surface area contributed by atoms with E-state index in [0.717, 1.165) is 0 Å². The summed E-state index contributed by atoms with van der Waals surface area (Å²) in [6.45, 7) is -0.659. The van der Waals surface area contributed by atoms with E-state index in [2.05, 4.69) is 10.4 Å². The van der Waals surface area contributed by atoms with Gasteiger partial charge in [-0.05, 0) is 6.07 Å². The summed E-state index contributed by atoms with van der Waals surface area (Å²) in [4.78, 5) is 21.9. The molecule has 7 nitrogen and oxygen atoms in total. The SMILES string of the molecule is Cn1ccc(C(=O)N[C@H](CO)C(=O)O)n1. The molecular formula is C8H11N3O4. The molecule has 1 aromatic heterocycles. The fraction of sp³-hybridized carbons (Fsp3) is 0.375. The van der Waals surface area contributed by atoms with E-state index in [1.54, 1.807) is 13.2 Å². The number of aliphatic hydroxyl groups excluding tert-OH is 1. The summed E-state index contributed by atoms with van der Waals surface area (Å²) in [5, 5.41) is 23.2. The highest BCUT2D eigenvalue weighted by molar-refractivity contribution is 5.94. The maximum atomic E-state index is 11.4. The quantitative estimate of drug-likeness (QED) is 0.570. The fourth-order valence-corrected chi connectivity index (χ4v) is 0.954. The van der Waals surface area contributed by atoms with Crippen LogP contribution in [0.2, 0.25) is 0 Å². The van der Waals surface area contributed by atoms with Crippen LogP contribution in [0.25, 0.3) is 0 Å². The van der Waals surface area contributed by atoms with Gasteiger partial charge in [-0.3, -0.25) is 9.48 Å². The number of hydrogen-bond acceptors (Lipinski definition) is 4. The van der Waals surface area contributed by atoms with Crippen LogP contribution in [0, 0.1) is 0 Å². The Bertz CT molecular complexity index is 374. The Hall–Kier alpha value is -1.89. The molecule has 0 aromatic carbocycles. The topological polar surface area (TPSA) is 104 Å². The lowest BCUT2D eigenvalue weighted by Gasteiger charge is -2.09. The maximum absolute atomic E-state index is 11.4. The van der Waals surface area contributed by atoms with Crippen LogP contribution in [0.5, 0.6) is 0 Å². The van der Waals surface area contributed by atoms with E-state index in [1.807, 2.05) is 0 Å². The molecule has 0 unspecified atom stereocenters. The molecule has 0 saturated heterocycles. The summed E-state index contributed by atoms with van der Waals surface area (Å²) in [5.41, 5.74) is 0.109. The number of carbonyl (C=O) groups excluding carboxylic acids is 1. The summed E-state index contributed by atoms with van der Waals surface area (Å²) in [7, 11) is 1.64. The minimum Gasteiger partial charge on any atom is -0.480 e. The Labute approximate surface area is 85.3 Å². The zero-order valence-electron chi connectivity index (χ0n) is 8.04. The van der Waals surface area contributed by atoms with E-state index in [0.29, 0.717) is 0 Å². The van der Waals surface area contributed by atoms with Crippen molar-refractivity contribution in [2.75, 3.05) is 6.61 Å². The zero-order valence-corrected chi connectivity index (χ0v) is 8.04. The highest BCUT2D eigenvalue weighted by atomic mass is 16.4. The van der Waals surface area contributed by atoms with E-state index < -0.39 is 24.5 Å². The van der Waals surface area contributed by atoms with Gasteiger partial charge in [-0.25, -0.2) is 4.79 Å². The first-order valence-corrected chi connectivity index (χ1v) is 4.18. The van der Waals surface area contributed by atoms with E-state index in [-0.39, 0.29) is 5.69 Å². The number of nitrogens with one attached hydrogen (secondary N) is 1. The minimum absolute atomic E-state index is 0.109. The Morgan fingerprint density at radius 1 is 1.67 bits per heavy atom. The number of carboxylic acid groups (broad SMARTS) is 1. The Kier molecular flexibility index (Phi) is 3.40. The highest BCUT2D eigenvalue weighted by Gasteiger charge is 2.20. The minimum atomic E-state index is -1.31. The largest absolute Gasteiger partial charge is 0.480 e. The molecule has 1 aromatic rings. The van der Waals surface area contributed by atoms with Gasteiger partial charge >= 0.3 is 5.97 Å².